The van der Waals surface area contributed by atoms with Crippen LogP contribution in [0.3, 0.4) is 0 Å². The van der Waals surface area contributed by atoms with Crippen molar-refractivity contribution >= 4 is 33.7 Å². The van der Waals surface area contributed by atoms with Crippen LogP contribution in [0.4, 0.5) is 10.7 Å². The molecule has 0 aromatic carbocycles. The van der Waals surface area contributed by atoms with E-state index in [4.69, 9.17) is 11.5 Å². The van der Waals surface area contributed by atoms with Crippen molar-refractivity contribution in [3.63, 3.8) is 0 Å². The molecule has 1 fully saturated rings. The number of nitrogens with two attached hydrogens (primary N) is 2. The minimum atomic E-state index is -0.620. The van der Waals surface area contributed by atoms with Crippen LogP contribution >= 0.6 is 11.3 Å². The van der Waals surface area contributed by atoms with Crippen LogP contribution in [0, 0.1) is 5.92 Å². The van der Waals surface area contributed by atoms with Gasteiger partial charge >= 0.3 is 0 Å². The van der Waals surface area contributed by atoms with Gasteiger partial charge in [0.1, 0.15) is 5.00 Å². The maximum absolute atomic E-state index is 12.0. The lowest BCUT2D eigenvalue weighted by Crippen LogP contribution is -2.15. The van der Waals surface area contributed by atoms with Gasteiger partial charge in [-0.25, -0.2) is 0 Å². The number of rotatable bonds is 6. The average Bonchev–Trinajstić information content (AvgIpc) is 3.10. The van der Waals surface area contributed by atoms with E-state index in [-0.39, 0.29) is 23.0 Å². The number of amides is 1. The normalized spacial score (nSPS) is 14.2. The van der Waals surface area contributed by atoms with E-state index < -0.39 is 5.91 Å². The fraction of sp³-hybridized carbons (Fsp3) is 0.333. The third-order valence-electron chi connectivity index (χ3n) is 2.77. The Labute approximate surface area is 109 Å². The highest BCUT2D eigenvalue weighted by molar-refractivity contribution is 7.19. The molecule has 0 bridgehead atoms. The molecule has 0 saturated heterocycles. The molecule has 0 aliphatic heterocycles. The second-order valence-electron chi connectivity index (χ2n) is 4.22. The molecule has 1 aliphatic carbocycles. The first-order valence-corrected chi connectivity index (χ1v) is 6.49. The summed E-state index contributed by atoms with van der Waals surface area (Å²) in [6.07, 6.45) is 3.46. The van der Waals surface area contributed by atoms with Gasteiger partial charge in [-0.2, -0.15) is 0 Å². The summed E-state index contributed by atoms with van der Waals surface area (Å²) in [5.41, 5.74) is 11.6. The molecular weight excluding hydrogens is 250 g/mol. The molecule has 96 valence electrons. The Morgan fingerprint density at radius 3 is 2.67 bits per heavy atom. The third kappa shape index (κ3) is 2.24. The second kappa shape index (κ2) is 4.81. The molecule has 0 atom stereocenters. The molecule has 0 radical (unpaired) electrons. The number of thiophene rings is 1. The van der Waals surface area contributed by atoms with Crippen molar-refractivity contribution in [3.8, 4) is 0 Å². The second-order valence-corrected chi connectivity index (χ2v) is 5.24. The number of carbonyl (C=O) groups excluding carboxylic acids is 2. The van der Waals surface area contributed by atoms with Gasteiger partial charge in [-0.05, 0) is 12.8 Å². The number of primary amides is 1. The Bertz CT molecular complexity index is 518. The summed E-state index contributed by atoms with van der Waals surface area (Å²) in [6, 6.07) is 0. The van der Waals surface area contributed by atoms with Crippen molar-refractivity contribution in [1.82, 2.24) is 0 Å². The molecule has 1 heterocycles. The van der Waals surface area contributed by atoms with Gasteiger partial charge in [0.25, 0.3) is 5.91 Å². The molecule has 1 aromatic heterocycles. The van der Waals surface area contributed by atoms with E-state index in [0.717, 1.165) is 12.8 Å². The molecule has 0 unspecified atom stereocenters. The topological polar surface area (TPSA) is 98.2 Å². The van der Waals surface area contributed by atoms with E-state index in [1.165, 1.54) is 11.3 Å². The number of hydrogen-bond donors (Lipinski definition) is 3. The summed E-state index contributed by atoms with van der Waals surface area (Å²) in [6.45, 7) is 4.06. The monoisotopic (exact) mass is 265 g/mol. The van der Waals surface area contributed by atoms with E-state index in [1.54, 1.807) is 6.08 Å². The van der Waals surface area contributed by atoms with Gasteiger partial charge in [-0.3, -0.25) is 9.59 Å². The largest absolute Gasteiger partial charge is 0.397 e. The molecular formula is C12H15N3O2S. The standard InChI is InChI=1S/C12H15N3O2S/c1-2-5-15-12-7(11(14)17)8(13)10(18-12)9(16)6-3-4-6/h2,6,15H,1,3-5,13H2,(H2,14,17). The van der Waals surface area contributed by atoms with Crippen molar-refractivity contribution in [2.75, 3.05) is 17.6 Å². The Hall–Kier alpha value is -1.82. The molecule has 5 N–H and O–H groups in total. The number of Topliss-reactive ketones (excluding diaryl/α,β-unsaturated/α-hetero) is 1. The van der Waals surface area contributed by atoms with Gasteiger partial charge in [-0.1, -0.05) is 6.08 Å². The van der Waals surface area contributed by atoms with Gasteiger partial charge < -0.3 is 16.8 Å². The number of ketones is 1. The molecule has 2 rings (SSSR count). The van der Waals surface area contributed by atoms with Crippen LogP contribution in [0.15, 0.2) is 12.7 Å². The van der Waals surface area contributed by atoms with E-state index in [2.05, 4.69) is 11.9 Å². The SMILES string of the molecule is C=CCNc1sc(C(=O)C2CC2)c(N)c1C(N)=O. The number of anilines is 2. The fourth-order valence-electron chi connectivity index (χ4n) is 1.69. The predicted molar refractivity (Wildman–Crippen MR) is 73.0 cm³/mol. The number of nitrogens with one attached hydrogen (secondary N) is 1. The Balaban J connectivity index is 2.38. The first-order chi connectivity index (χ1) is 8.56. The lowest BCUT2D eigenvalue weighted by molar-refractivity contribution is 0.0972. The highest BCUT2D eigenvalue weighted by atomic mass is 32.1. The van der Waals surface area contributed by atoms with E-state index >= 15 is 0 Å². The minimum Gasteiger partial charge on any atom is -0.397 e. The van der Waals surface area contributed by atoms with Crippen LogP contribution in [0.5, 0.6) is 0 Å². The zero-order valence-electron chi connectivity index (χ0n) is 9.86. The average molecular weight is 265 g/mol. The Morgan fingerprint density at radius 2 is 2.17 bits per heavy atom. The molecule has 18 heavy (non-hydrogen) atoms. The quantitative estimate of drug-likeness (QED) is 0.537. The van der Waals surface area contributed by atoms with Crippen LogP contribution in [-0.2, 0) is 0 Å². The van der Waals surface area contributed by atoms with Gasteiger partial charge in [0.05, 0.1) is 16.1 Å². The molecule has 0 spiro atoms. The minimum absolute atomic E-state index is 0.0200. The molecule has 6 heteroatoms. The summed E-state index contributed by atoms with van der Waals surface area (Å²) in [5, 5.41) is 3.53. The van der Waals surface area contributed by atoms with Crippen LogP contribution in [0.1, 0.15) is 32.9 Å². The van der Waals surface area contributed by atoms with Gasteiger partial charge in [-0.15, -0.1) is 17.9 Å². The van der Waals surface area contributed by atoms with Crippen LogP contribution in [-0.4, -0.2) is 18.2 Å². The van der Waals surface area contributed by atoms with Crippen molar-refractivity contribution < 1.29 is 9.59 Å². The third-order valence-corrected chi connectivity index (χ3v) is 3.95. The summed E-state index contributed by atoms with van der Waals surface area (Å²) in [4.78, 5) is 23.9. The maximum Gasteiger partial charge on any atom is 0.253 e. The maximum atomic E-state index is 12.0. The first-order valence-electron chi connectivity index (χ1n) is 5.67. The van der Waals surface area contributed by atoms with E-state index in [1.807, 2.05) is 0 Å². The van der Waals surface area contributed by atoms with Crippen molar-refractivity contribution in [2.45, 2.75) is 12.8 Å². The van der Waals surface area contributed by atoms with Crippen molar-refractivity contribution in [3.05, 3.63) is 23.1 Å². The lowest BCUT2D eigenvalue weighted by Gasteiger charge is -2.01. The highest BCUT2D eigenvalue weighted by Crippen LogP contribution is 2.41. The number of nitrogen functional groups attached to an aromatic ring is 1. The van der Waals surface area contributed by atoms with Gasteiger partial charge in [0.15, 0.2) is 5.78 Å². The predicted octanol–water partition coefficient (Wildman–Crippen LogP) is 1.62. The highest BCUT2D eigenvalue weighted by Gasteiger charge is 2.34. The lowest BCUT2D eigenvalue weighted by atomic mass is 10.1. The Kier molecular flexibility index (Phi) is 3.38. The zero-order valence-corrected chi connectivity index (χ0v) is 10.7. The van der Waals surface area contributed by atoms with E-state index in [9.17, 15) is 9.59 Å². The summed E-state index contributed by atoms with van der Waals surface area (Å²) < 4.78 is 0. The van der Waals surface area contributed by atoms with Crippen LogP contribution in [0.25, 0.3) is 0 Å². The van der Waals surface area contributed by atoms with Crippen molar-refractivity contribution in [2.24, 2.45) is 11.7 Å². The smallest absolute Gasteiger partial charge is 0.253 e. The van der Waals surface area contributed by atoms with Crippen LogP contribution in [0.2, 0.25) is 0 Å². The Morgan fingerprint density at radius 1 is 1.50 bits per heavy atom. The summed E-state index contributed by atoms with van der Waals surface area (Å²) >= 11 is 1.20. The molecule has 5 nitrogen and oxygen atoms in total. The van der Waals surface area contributed by atoms with Gasteiger partial charge in [0, 0.05) is 12.5 Å². The molecule has 1 aromatic rings. The van der Waals surface area contributed by atoms with Gasteiger partial charge in [0.2, 0.25) is 0 Å². The summed E-state index contributed by atoms with van der Waals surface area (Å²) in [5.74, 6) is -0.532. The van der Waals surface area contributed by atoms with Crippen LogP contribution < -0.4 is 16.8 Å². The fourth-order valence-corrected chi connectivity index (χ4v) is 2.84. The molecule has 1 saturated carbocycles. The van der Waals surface area contributed by atoms with Crippen molar-refractivity contribution in [1.29, 1.82) is 0 Å². The zero-order chi connectivity index (χ0) is 13.3. The summed E-state index contributed by atoms with van der Waals surface area (Å²) in [7, 11) is 0. The molecule has 1 amide bonds. The molecule has 1 aliphatic rings. The first kappa shape index (κ1) is 12.6. The van der Waals surface area contributed by atoms with E-state index in [0.29, 0.717) is 16.4 Å². The number of carbonyl (C=O) groups is 2. The number of hydrogen-bond acceptors (Lipinski definition) is 5.